The van der Waals surface area contributed by atoms with E-state index in [-0.39, 0.29) is 0 Å². The third-order valence-electron chi connectivity index (χ3n) is 9.93. The number of carbonyl (C=O) groups is 3. The maximum atomic E-state index is 14.3. The third-order valence-corrected chi connectivity index (χ3v) is 10.5. The number of rotatable bonds is 6. The van der Waals surface area contributed by atoms with E-state index in [4.69, 9.17) is 18.9 Å². The number of thiol groups is 1. The minimum absolute atomic E-state index is 0.477. The van der Waals surface area contributed by atoms with Crippen LogP contribution in [0.3, 0.4) is 0 Å². The third kappa shape index (κ3) is 5.11. The summed E-state index contributed by atoms with van der Waals surface area (Å²) in [7, 11) is 0. The van der Waals surface area contributed by atoms with Crippen molar-refractivity contribution in [2.75, 3.05) is 13.2 Å². The molecular formula is C31H36O18S. The number of aromatic hydroxyl groups is 1. The minimum atomic E-state index is -3.54. The Morgan fingerprint density at radius 1 is 0.860 bits per heavy atom. The lowest BCUT2D eigenvalue weighted by Gasteiger charge is -2.58. The van der Waals surface area contributed by atoms with Gasteiger partial charge >= 0.3 is 0 Å². The summed E-state index contributed by atoms with van der Waals surface area (Å²) >= 11 is 4.24. The maximum absolute atomic E-state index is 14.3. The Kier molecular flexibility index (Phi) is 9.35. The average Bonchev–Trinajstić information content (AvgIpc) is 3.07. The smallest absolute Gasteiger partial charge is 0.214 e. The molecule has 6 rings (SSSR count). The first-order valence-corrected chi connectivity index (χ1v) is 15.9. The average molecular weight is 729 g/mol. The van der Waals surface area contributed by atoms with Crippen molar-refractivity contribution >= 4 is 30.0 Å². The van der Waals surface area contributed by atoms with Crippen molar-refractivity contribution in [1.82, 2.24) is 0 Å². The molecule has 2 aliphatic heterocycles. The lowest BCUT2D eigenvalue weighted by Crippen LogP contribution is -2.77. The molecule has 5 aliphatic rings. The largest absolute Gasteiger partial charge is 0.507 e. The van der Waals surface area contributed by atoms with E-state index in [0.717, 1.165) is 25.1 Å². The van der Waals surface area contributed by atoms with E-state index in [0.29, 0.717) is 0 Å². The van der Waals surface area contributed by atoms with Crippen LogP contribution in [0.2, 0.25) is 0 Å². The molecule has 0 spiro atoms. The molecule has 0 aromatic heterocycles. The van der Waals surface area contributed by atoms with Crippen LogP contribution >= 0.6 is 12.6 Å². The minimum Gasteiger partial charge on any atom is -0.507 e. The summed E-state index contributed by atoms with van der Waals surface area (Å²) in [4.78, 5) is 42.5. The summed E-state index contributed by atoms with van der Waals surface area (Å²) in [6.07, 6.45) is -19.7. The van der Waals surface area contributed by atoms with Gasteiger partial charge in [-0.25, -0.2) is 0 Å². The van der Waals surface area contributed by atoms with Crippen LogP contribution in [0, 0.1) is 0 Å². The van der Waals surface area contributed by atoms with E-state index in [9.17, 15) is 70.6 Å². The second-order valence-electron chi connectivity index (χ2n) is 13.1. The van der Waals surface area contributed by atoms with Gasteiger partial charge in [-0.2, -0.15) is 12.6 Å². The second kappa shape index (κ2) is 12.7. The quantitative estimate of drug-likeness (QED) is 0.122. The molecule has 3 fully saturated rings. The van der Waals surface area contributed by atoms with Gasteiger partial charge in [-0.3, -0.25) is 14.4 Å². The van der Waals surface area contributed by atoms with Crippen LogP contribution < -0.4 is 0 Å². The molecule has 19 heteroatoms. The summed E-state index contributed by atoms with van der Waals surface area (Å²) in [6, 6.07) is 3.41. The van der Waals surface area contributed by atoms with Gasteiger partial charge < -0.3 is 75.1 Å². The van der Waals surface area contributed by atoms with Crippen LogP contribution in [-0.2, 0) is 23.7 Å². The number of aliphatic hydroxyl groups is 10. The van der Waals surface area contributed by atoms with E-state index in [1.54, 1.807) is 0 Å². The summed E-state index contributed by atoms with van der Waals surface area (Å²) in [5, 5.41) is 117. The molecule has 1 aromatic carbocycles. The zero-order chi connectivity index (χ0) is 36.8. The first kappa shape index (κ1) is 36.9. The predicted octanol–water partition coefficient (Wildman–Crippen LogP) is -4.91. The van der Waals surface area contributed by atoms with Crippen molar-refractivity contribution in [2.24, 2.45) is 0 Å². The Labute approximate surface area is 287 Å². The van der Waals surface area contributed by atoms with Crippen LogP contribution in [0.15, 0.2) is 41.2 Å². The van der Waals surface area contributed by atoms with E-state index < -0.39 is 154 Å². The zero-order valence-electron chi connectivity index (χ0n) is 26.0. The monoisotopic (exact) mass is 728 g/mol. The number of Topliss-reactive ketones (excluding diaryl/α,β-unsaturated/α-hetero) is 3. The topological polar surface area (TPSA) is 311 Å². The molecule has 0 radical (unpaired) electrons. The first-order chi connectivity index (χ1) is 23.4. The van der Waals surface area contributed by atoms with Gasteiger partial charge in [-0.15, -0.1) is 0 Å². The summed E-state index contributed by atoms with van der Waals surface area (Å²) in [6.45, 7) is -0.887. The molecule has 0 amide bonds. The maximum Gasteiger partial charge on any atom is 0.214 e. The molecule has 18 nitrogen and oxygen atoms in total. The second-order valence-corrected chi connectivity index (χ2v) is 13.7. The van der Waals surface area contributed by atoms with Crippen LogP contribution in [0.5, 0.6) is 5.75 Å². The highest BCUT2D eigenvalue weighted by Crippen LogP contribution is 2.57. The van der Waals surface area contributed by atoms with Gasteiger partial charge in [0.2, 0.25) is 12.1 Å². The SMILES string of the molecule is CC1(O)CC2(O[C@H]3O[C@H](CO)[C@@H](O)[C@H](O)[C@H]3O)C(O[C@H]3O[C@H](CO)[C@@H](O)[C@H](O)[C@H]3S)=CC3=C(C(=O)c4cccc(O)c4C3=O)C2(O)C(=O)C1O. The lowest BCUT2D eigenvalue weighted by molar-refractivity contribution is -0.353. The van der Waals surface area contributed by atoms with Gasteiger partial charge in [0.05, 0.1) is 35.2 Å². The molecule has 14 atom stereocenters. The number of allylic oxidation sites excluding steroid dienone is 2. The van der Waals surface area contributed by atoms with Gasteiger partial charge in [0.1, 0.15) is 60.3 Å². The summed E-state index contributed by atoms with van der Waals surface area (Å²) in [5.74, 6) is -5.58. The van der Waals surface area contributed by atoms with E-state index >= 15 is 0 Å². The highest BCUT2D eigenvalue weighted by Gasteiger charge is 2.75. The number of ether oxygens (including phenoxy) is 4. The van der Waals surface area contributed by atoms with E-state index in [1.807, 2.05) is 0 Å². The number of carbonyl (C=O) groups excluding carboxylic acids is 3. The van der Waals surface area contributed by atoms with Crippen molar-refractivity contribution in [3.8, 4) is 5.75 Å². The number of ketones is 3. The van der Waals surface area contributed by atoms with Crippen LogP contribution in [0.4, 0.5) is 0 Å². The molecule has 0 bridgehead atoms. The fourth-order valence-electron chi connectivity index (χ4n) is 7.18. The Bertz CT molecular complexity index is 1660. The molecule has 2 heterocycles. The molecule has 4 unspecified atom stereocenters. The Hall–Kier alpha value is -2.86. The molecular weight excluding hydrogens is 692 g/mol. The Morgan fingerprint density at radius 3 is 2.08 bits per heavy atom. The van der Waals surface area contributed by atoms with Gasteiger partial charge in [-0.05, 0) is 19.1 Å². The van der Waals surface area contributed by atoms with Gasteiger partial charge in [-0.1, -0.05) is 12.1 Å². The van der Waals surface area contributed by atoms with Crippen molar-refractivity contribution in [2.45, 2.75) is 96.8 Å². The molecule has 3 aliphatic carbocycles. The highest BCUT2D eigenvalue weighted by molar-refractivity contribution is 7.81. The molecule has 50 heavy (non-hydrogen) atoms. The number of aliphatic hydroxyl groups excluding tert-OH is 8. The van der Waals surface area contributed by atoms with Crippen LogP contribution in [-0.4, -0.2) is 170 Å². The highest BCUT2D eigenvalue weighted by atomic mass is 32.1. The predicted molar refractivity (Wildman–Crippen MR) is 162 cm³/mol. The van der Waals surface area contributed by atoms with Crippen LogP contribution in [0.1, 0.15) is 34.1 Å². The fraction of sp³-hybridized carbons (Fsp3) is 0.581. The number of phenols is 1. The lowest BCUT2D eigenvalue weighted by atomic mass is 9.55. The van der Waals surface area contributed by atoms with Crippen molar-refractivity contribution in [3.05, 3.63) is 52.3 Å². The molecule has 11 N–H and O–H groups in total. The number of fused-ring (bicyclic) bond motifs is 3. The number of phenolic OH excluding ortho intramolecular Hbond substituents is 1. The molecule has 274 valence electrons. The Balaban J connectivity index is 1.61. The zero-order valence-corrected chi connectivity index (χ0v) is 26.9. The summed E-state index contributed by atoms with van der Waals surface area (Å²) in [5.41, 5.74) is -11.9. The molecule has 1 aromatic rings. The fourth-order valence-corrected chi connectivity index (χ4v) is 7.49. The van der Waals surface area contributed by atoms with Gasteiger partial charge in [0.15, 0.2) is 29.1 Å². The van der Waals surface area contributed by atoms with Crippen molar-refractivity contribution in [1.29, 1.82) is 0 Å². The first-order valence-electron chi connectivity index (χ1n) is 15.4. The number of hydrogen-bond acceptors (Lipinski definition) is 19. The summed E-state index contributed by atoms with van der Waals surface area (Å²) < 4.78 is 23.2. The molecule has 2 saturated heterocycles. The normalized spacial score (nSPS) is 44.7. The molecule has 1 saturated carbocycles. The number of benzene rings is 1. The van der Waals surface area contributed by atoms with Crippen LogP contribution in [0.25, 0.3) is 0 Å². The van der Waals surface area contributed by atoms with Gasteiger partial charge in [0.25, 0.3) is 0 Å². The standard InChI is InChI=1S/C31H36O18S/c1-29(44)8-30(49-27-23(41)21(39)19(37)12(6-32)46-27)14(48-28-24(50)22(40)20(38)13(7-33)47-28)5-10-16(31(30,45)26(43)25(29)42)18(36)9-3-2-4-11(34)15(9)17(10)35/h2-5,12-13,19-25,27-28,32-34,37-42,44-45,50H,6-8H2,1H3/t12-,13-,19-,20-,21+,22+,23-,24-,25?,27-,28-,29?,30?,31?/m1/s1. The van der Waals surface area contributed by atoms with Crippen molar-refractivity contribution < 1.29 is 89.5 Å². The Morgan fingerprint density at radius 2 is 1.46 bits per heavy atom. The van der Waals surface area contributed by atoms with E-state index in [1.165, 1.54) is 6.07 Å². The number of hydrogen-bond donors (Lipinski definition) is 12. The van der Waals surface area contributed by atoms with Gasteiger partial charge in [0, 0.05) is 17.6 Å². The van der Waals surface area contributed by atoms with E-state index in [2.05, 4.69) is 12.6 Å². The van der Waals surface area contributed by atoms with Crippen molar-refractivity contribution in [3.63, 3.8) is 0 Å².